The molecule has 13 heteroatoms. The predicted molar refractivity (Wildman–Crippen MR) is 134 cm³/mol. The molecule has 0 atom stereocenters. The number of nitrogens with one attached hydrogen (secondary N) is 1. The van der Waals surface area contributed by atoms with Gasteiger partial charge in [0.2, 0.25) is 10.0 Å². The van der Waals surface area contributed by atoms with Crippen LogP contribution in [-0.4, -0.2) is 77.1 Å². The largest absolute Gasteiger partial charge is 0.484 e. The fourth-order valence-electron chi connectivity index (χ4n) is 3.08. The van der Waals surface area contributed by atoms with Crippen molar-refractivity contribution in [1.29, 1.82) is 0 Å². The first-order chi connectivity index (χ1) is 16.6. The Labute approximate surface area is 213 Å². The molecule has 1 aliphatic heterocycles. The van der Waals surface area contributed by atoms with E-state index >= 15 is 0 Å². The average molecular weight is 543 g/mol. The molecule has 1 aliphatic rings. The minimum atomic E-state index is -3.77. The summed E-state index contributed by atoms with van der Waals surface area (Å²) in [6.45, 7) is 1.59. The average Bonchev–Trinajstić information content (AvgIpc) is 2.83. The number of hydrogen-bond donors (Lipinski definition) is 1. The van der Waals surface area contributed by atoms with E-state index in [-0.39, 0.29) is 28.2 Å². The number of carbonyl (C=O) groups excluding carboxylic acids is 2. The topological polar surface area (TPSA) is 118 Å². The molecule has 0 spiro atoms. The zero-order valence-electron chi connectivity index (χ0n) is 18.8. The van der Waals surface area contributed by atoms with Gasteiger partial charge in [-0.15, -0.1) is 0 Å². The molecule has 2 aromatic rings. The zero-order chi connectivity index (χ0) is 25.4. The summed E-state index contributed by atoms with van der Waals surface area (Å²) in [5.74, 6) is -0.247. The van der Waals surface area contributed by atoms with E-state index in [1.807, 2.05) is 0 Å². The van der Waals surface area contributed by atoms with Crippen LogP contribution in [0.1, 0.15) is 5.56 Å². The summed E-state index contributed by atoms with van der Waals surface area (Å²) in [6.07, 6.45) is 2.37. The highest BCUT2D eigenvalue weighted by Crippen LogP contribution is 2.28. The first-order valence-corrected chi connectivity index (χ1v) is 13.1. The number of amides is 2. The third-order valence-corrected chi connectivity index (χ3v) is 6.77. The van der Waals surface area contributed by atoms with Crippen molar-refractivity contribution in [3.8, 4) is 5.75 Å². The lowest BCUT2D eigenvalue weighted by Crippen LogP contribution is -2.42. The van der Waals surface area contributed by atoms with Gasteiger partial charge in [-0.05, 0) is 48.0 Å². The summed E-state index contributed by atoms with van der Waals surface area (Å²) in [7, 11) is -3.77. The molecule has 2 aromatic carbocycles. The number of nitrogens with zero attached hydrogens (tertiary/aromatic N) is 3. The Morgan fingerprint density at radius 2 is 1.83 bits per heavy atom. The van der Waals surface area contributed by atoms with E-state index in [0.29, 0.717) is 37.6 Å². The van der Waals surface area contributed by atoms with Crippen LogP contribution in [0.15, 0.2) is 47.6 Å². The lowest BCUT2D eigenvalue weighted by Gasteiger charge is -2.26. The number of hydrazone groups is 1. The SMILES string of the molecule is CS(=O)(=O)N(CC(=O)N/N=C\c1ccc(OCC(=O)N2CCOCC2)cc1)c1ccc(Cl)c(Cl)c1. The van der Waals surface area contributed by atoms with Gasteiger partial charge in [-0.25, -0.2) is 13.8 Å². The van der Waals surface area contributed by atoms with E-state index in [2.05, 4.69) is 10.5 Å². The lowest BCUT2D eigenvalue weighted by atomic mass is 10.2. The molecule has 35 heavy (non-hydrogen) atoms. The Hall–Kier alpha value is -2.86. The zero-order valence-corrected chi connectivity index (χ0v) is 21.1. The molecule has 0 aromatic heterocycles. The molecule has 3 rings (SSSR count). The van der Waals surface area contributed by atoms with Gasteiger partial charge in [0.1, 0.15) is 12.3 Å². The van der Waals surface area contributed by atoms with Crippen LogP contribution < -0.4 is 14.5 Å². The number of anilines is 1. The smallest absolute Gasteiger partial charge is 0.260 e. The Bertz CT molecular complexity index is 1180. The van der Waals surface area contributed by atoms with Crippen LogP contribution in [0.4, 0.5) is 5.69 Å². The molecule has 1 fully saturated rings. The quantitative estimate of drug-likeness (QED) is 0.383. The maximum Gasteiger partial charge on any atom is 0.260 e. The van der Waals surface area contributed by atoms with Crippen molar-refractivity contribution >= 4 is 56.9 Å². The van der Waals surface area contributed by atoms with Gasteiger partial charge >= 0.3 is 0 Å². The maximum absolute atomic E-state index is 12.3. The van der Waals surface area contributed by atoms with E-state index in [1.165, 1.54) is 24.4 Å². The fraction of sp³-hybridized carbons (Fsp3) is 0.318. The molecule has 2 amide bonds. The standard InChI is InChI=1S/C22H24Cl2N4O6S/c1-35(31,32)28(17-4-7-19(23)20(24)12-17)14-21(29)26-25-13-16-2-5-18(6-3-16)34-15-22(30)27-8-10-33-11-9-27/h2-7,12-13H,8-11,14-15H2,1H3,(H,26,29)/b25-13-. The van der Waals surface area contributed by atoms with Gasteiger partial charge < -0.3 is 14.4 Å². The van der Waals surface area contributed by atoms with Crippen molar-refractivity contribution in [3.05, 3.63) is 58.1 Å². The van der Waals surface area contributed by atoms with Crippen molar-refractivity contribution in [1.82, 2.24) is 10.3 Å². The normalized spacial score (nSPS) is 14.1. The highest BCUT2D eigenvalue weighted by Gasteiger charge is 2.21. The highest BCUT2D eigenvalue weighted by molar-refractivity contribution is 7.92. The summed E-state index contributed by atoms with van der Waals surface area (Å²) in [5.41, 5.74) is 3.15. The van der Waals surface area contributed by atoms with Gasteiger partial charge in [-0.2, -0.15) is 5.10 Å². The van der Waals surface area contributed by atoms with Gasteiger partial charge in [-0.1, -0.05) is 23.2 Å². The second kappa shape index (κ2) is 12.2. The number of ether oxygens (including phenoxy) is 2. The van der Waals surface area contributed by atoms with Crippen molar-refractivity contribution in [2.24, 2.45) is 5.10 Å². The molecular formula is C22H24Cl2N4O6S. The molecule has 1 saturated heterocycles. The number of rotatable bonds is 9. The minimum absolute atomic E-state index is 0.0703. The summed E-state index contributed by atoms with van der Waals surface area (Å²) < 4.78 is 36.0. The number of morpholine rings is 1. The molecule has 188 valence electrons. The molecule has 10 nitrogen and oxygen atoms in total. The minimum Gasteiger partial charge on any atom is -0.484 e. The maximum atomic E-state index is 12.3. The van der Waals surface area contributed by atoms with E-state index in [9.17, 15) is 18.0 Å². The molecular weight excluding hydrogens is 519 g/mol. The number of hydrogen-bond acceptors (Lipinski definition) is 7. The second-order valence-corrected chi connectivity index (χ2v) is 10.2. The number of benzene rings is 2. The summed E-state index contributed by atoms with van der Waals surface area (Å²) in [5, 5.41) is 4.28. The van der Waals surface area contributed by atoms with Crippen LogP contribution in [0.25, 0.3) is 0 Å². The Morgan fingerprint density at radius 1 is 1.14 bits per heavy atom. The van der Waals surface area contributed by atoms with Crippen molar-refractivity contribution in [3.63, 3.8) is 0 Å². The van der Waals surface area contributed by atoms with Gasteiger partial charge in [0, 0.05) is 13.1 Å². The van der Waals surface area contributed by atoms with Crippen LogP contribution in [0.3, 0.4) is 0 Å². The monoisotopic (exact) mass is 542 g/mol. The number of sulfonamides is 1. The van der Waals surface area contributed by atoms with Crippen LogP contribution in [0, 0.1) is 0 Å². The molecule has 0 bridgehead atoms. The van der Waals surface area contributed by atoms with E-state index in [4.69, 9.17) is 32.7 Å². The molecule has 0 radical (unpaired) electrons. The summed E-state index contributed by atoms with van der Waals surface area (Å²) in [4.78, 5) is 26.1. The third-order valence-electron chi connectivity index (χ3n) is 4.89. The van der Waals surface area contributed by atoms with E-state index in [1.54, 1.807) is 29.2 Å². The first-order valence-electron chi connectivity index (χ1n) is 10.5. The molecule has 0 saturated carbocycles. The van der Waals surface area contributed by atoms with Gasteiger partial charge in [-0.3, -0.25) is 13.9 Å². The Morgan fingerprint density at radius 3 is 2.46 bits per heavy atom. The van der Waals surface area contributed by atoms with Crippen LogP contribution in [0.5, 0.6) is 5.75 Å². The van der Waals surface area contributed by atoms with Gasteiger partial charge in [0.05, 0.1) is 41.4 Å². The van der Waals surface area contributed by atoms with Crippen LogP contribution >= 0.6 is 23.2 Å². The van der Waals surface area contributed by atoms with E-state index < -0.39 is 22.5 Å². The van der Waals surface area contributed by atoms with Gasteiger partial charge in [0.15, 0.2) is 6.61 Å². The van der Waals surface area contributed by atoms with Crippen molar-refractivity contribution < 1.29 is 27.5 Å². The fourth-order valence-corrected chi connectivity index (χ4v) is 4.22. The lowest BCUT2D eigenvalue weighted by molar-refractivity contribution is -0.137. The second-order valence-electron chi connectivity index (χ2n) is 7.51. The predicted octanol–water partition coefficient (Wildman–Crippen LogP) is 2.15. The van der Waals surface area contributed by atoms with E-state index in [0.717, 1.165) is 10.6 Å². The van der Waals surface area contributed by atoms with Crippen LogP contribution in [0.2, 0.25) is 10.0 Å². The first kappa shape index (κ1) is 26.7. The number of halogens is 2. The molecule has 0 unspecified atom stereocenters. The van der Waals surface area contributed by atoms with Crippen LogP contribution in [-0.2, 0) is 24.3 Å². The van der Waals surface area contributed by atoms with Crippen molar-refractivity contribution in [2.75, 3.05) is 50.0 Å². The highest BCUT2D eigenvalue weighted by atomic mass is 35.5. The molecule has 1 heterocycles. The summed E-state index contributed by atoms with van der Waals surface area (Å²) >= 11 is 11.8. The molecule has 0 aliphatic carbocycles. The van der Waals surface area contributed by atoms with Crippen molar-refractivity contribution in [2.45, 2.75) is 0 Å². The summed E-state index contributed by atoms with van der Waals surface area (Å²) in [6, 6.07) is 11.0. The molecule has 1 N–H and O–H groups in total. The Kier molecular flexibility index (Phi) is 9.33. The van der Waals surface area contributed by atoms with Gasteiger partial charge in [0.25, 0.3) is 11.8 Å². The Balaban J connectivity index is 1.51. The third kappa shape index (κ3) is 8.10. The number of carbonyl (C=O) groups is 2.